The predicted molar refractivity (Wildman–Crippen MR) is 109 cm³/mol. The molecule has 6 heteroatoms. The van der Waals surface area contributed by atoms with E-state index in [1.165, 1.54) is 0 Å². The Bertz CT molecular complexity index is 838. The Kier molecular flexibility index (Phi) is 4.90. The maximum Gasteiger partial charge on any atom is 0.150 e. The highest BCUT2D eigenvalue weighted by atomic mass is 16.3. The van der Waals surface area contributed by atoms with Crippen molar-refractivity contribution < 1.29 is 5.11 Å². The van der Waals surface area contributed by atoms with Gasteiger partial charge in [-0.05, 0) is 36.6 Å². The zero-order chi connectivity index (χ0) is 18.8. The van der Waals surface area contributed by atoms with Crippen LogP contribution in [0.3, 0.4) is 0 Å². The molecule has 2 aliphatic heterocycles. The van der Waals surface area contributed by atoms with Gasteiger partial charge >= 0.3 is 0 Å². The molecule has 0 atom stereocenters. The normalized spacial score (nSPS) is 18.3. The minimum atomic E-state index is -0.191. The van der Waals surface area contributed by atoms with Gasteiger partial charge in [-0.25, -0.2) is 9.97 Å². The molecular formula is C21H25N5O. The van der Waals surface area contributed by atoms with Crippen LogP contribution in [-0.4, -0.2) is 52.3 Å². The number of anilines is 2. The molecule has 0 aromatic carbocycles. The maximum absolute atomic E-state index is 9.76. The molecule has 4 rings (SSSR count). The van der Waals surface area contributed by atoms with Crippen LogP contribution in [-0.2, 0) is 0 Å². The summed E-state index contributed by atoms with van der Waals surface area (Å²) in [7, 11) is 0. The van der Waals surface area contributed by atoms with Gasteiger partial charge in [-0.15, -0.1) is 0 Å². The number of pyridine rings is 1. The first-order valence-electron chi connectivity index (χ1n) is 9.44. The van der Waals surface area contributed by atoms with E-state index in [0.29, 0.717) is 5.92 Å². The van der Waals surface area contributed by atoms with Crippen molar-refractivity contribution in [3.8, 4) is 0 Å². The summed E-state index contributed by atoms with van der Waals surface area (Å²) in [5.74, 6) is 2.27. The lowest BCUT2D eigenvalue weighted by Gasteiger charge is -2.41. The van der Waals surface area contributed by atoms with Crippen molar-refractivity contribution in [2.45, 2.75) is 24.9 Å². The summed E-state index contributed by atoms with van der Waals surface area (Å²) in [6, 6.07) is 4.07. The van der Waals surface area contributed by atoms with E-state index < -0.39 is 0 Å². The molecule has 0 amide bonds. The lowest BCUT2D eigenvalue weighted by Crippen LogP contribution is -2.47. The molecular weight excluding hydrogens is 338 g/mol. The fraction of sp³-hybridized carbons (Fsp3) is 0.381. The van der Waals surface area contributed by atoms with Crippen LogP contribution >= 0.6 is 0 Å². The van der Waals surface area contributed by atoms with Gasteiger partial charge in [0.25, 0.3) is 0 Å². The van der Waals surface area contributed by atoms with E-state index in [9.17, 15) is 5.11 Å². The van der Waals surface area contributed by atoms with Crippen LogP contribution in [0.15, 0.2) is 37.7 Å². The summed E-state index contributed by atoms with van der Waals surface area (Å²) >= 11 is 0. The first kappa shape index (κ1) is 17.7. The third-order valence-electron chi connectivity index (χ3n) is 5.42. The Morgan fingerprint density at radius 2 is 1.74 bits per heavy atom. The van der Waals surface area contributed by atoms with Crippen LogP contribution < -0.4 is 9.80 Å². The van der Waals surface area contributed by atoms with E-state index in [0.717, 1.165) is 67.6 Å². The minimum Gasteiger partial charge on any atom is -0.393 e. The molecule has 2 aromatic heterocycles. The van der Waals surface area contributed by atoms with Crippen LogP contribution in [0.25, 0.3) is 12.2 Å². The molecule has 0 aliphatic carbocycles. The second-order valence-electron chi connectivity index (χ2n) is 7.14. The third kappa shape index (κ3) is 3.45. The number of hydrogen-bond donors (Lipinski definition) is 1. The zero-order valence-corrected chi connectivity index (χ0v) is 15.5. The van der Waals surface area contributed by atoms with E-state index >= 15 is 0 Å². The smallest absolute Gasteiger partial charge is 0.150 e. The minimum absolute atomic E-state index is 0.191. The lowest BCUT2D eigenvalue weighted by atomic mass is 9.94. The van der Waals surface area contributed by atoms with Crippen molar-refractivity contribution in [3.63, 3.8) is 0 Å². The van der Waals surface area contributed by atoms with Gasteiger partial charge in [-0.2, -0.15) is 0 Å². The molecule has 0 spiro atoms. The predicted octanol–water partition coefficient (Wildman–Crippen LogP) is 2.72. The second kappa shape index (κ2) is 7.48. The fourth-order valence-corrected chi connectivity index (χ4v) is 3.78. The van der Waals surface area contributed by atoms with Crippen LogP contribution in [0, 0.1) is 0 Å². The summed E-state index contributed by atoms with van der Waals surface area (Å²) < 4.78 is 0. The van der Waals surface area contributed by atoms with E-state index in [1.54, 1.807) is 24.5 Å². The largest absolute Gasteiger partial charge is 0.393 e. The topological polar surface area (TPSA) is 65.4 Å². The molecule has 4 heterocycles. The molecule has 140 valence electrons. The molecule has 2 fully saturated rings. The number of hydrogen-bond acceptors (Lipinski definition) is 6. The second-order valence-corrected chi connectivity index (χ2v) is 7.14. The highest BCUT2D eigenvalue weighted by Crippen LogP contribution is 2.34. The monoisotopic (exact) mass is 363 g/mol. The van der Waals surface area contributed by atoms with Crippen molar-refractivity contribution in [2.75, 3.05) is 36.0 Å². The van der Waals surface area contributed by atoms with Gasteiger partial charge in [0.05, 0.1) is 17.5 Å². The van der Waals surface area contributed by atoms with Crippen LogP contribution in [0.1, 0.15) is 35.7 Å². The Hall–Kier alpha value is -2.73. The maximum atomic E-state index is 9.76. The SMILES string of the molecule is C=Cc1ccc(N2CC(c3nccnc3N3CCC(O)CC3)C2)nc1C=C. The number of aromatic nitrogens is 3. The highest BCUT2D eigenvalue weighted by Gasteiger charge is 2.34. The summed E-state index contributed by atoms with van der Waals surface area (Å²) in [5, 5.41) is 9.76. The Morgan fingerprint density at radius 1 is 1.00 bits per heavy atom. The molecule has 0 radical (unpaired) electrons. The number of rotatable bonds is 5. The molecule has 2 aromatic rings. The third-order valence-corrected chi connectivity index (χ3v) is 5.42. The highest BCUT2D eigenvalue weighted by molar-refractivity contribution is 5.63. The summed E-state index contributed by atoms with van der Waals surface area (Å²) in [6.45, 7) is 11.1. The molecule has 1 N–H and O–H groups in total. The van der Waals surface area contributed by atoms with E-state index in [-0.39, 0.29) is 6.10 Å². The van der Waals surface area contributed by atoms with Gasteiger partial charge in [0.15, 0.2) is 5.82 Å². The van der Waals surface area contributed by atoms with Crippen molar-refractivity contribution in [1.82, 2.24) is 15.0 Å². The number of aliphatic hydroxyl groups is 1. The van der Waals surface area contributed by atoms with Gasteiger partial charge in [0.1, 0.15) is 5.82 Å². The first-order chi connectivity index (χ1) is 13.2. The zero-order valence-electron chi connectivity index (χ0n) is 15.5. The van der Waals surface area contributed by atoms with Gasteiger partial charge in [0.2, 0.25) is 0 Å². The van der Waals surface area contributed by atoms with Crippen LogP contribution in [0.5, 0.6) is 0 Å². The molecule has 2 aliphatic rings. The summed E-state index contributed by atoms with van der Waals surface area (Å²) in [4.78, 5) is 18.4. The van der Waals surface area contributed by atoms with Crippen molar-refractivity contribution in [1.29, 1.82) is 0 Å². The summed E-state index contributed by atoms with van der Waals surface area (Å²) in [5.41, 5.74) is 2.91. The van der Waals surface area contributed by atoms with Crippen LogP contribution in [0.4, 0.5) is 11.6 Å². The van der Waals surface area contributed by atoms with E-state index in [4.69, 9.17) is 4.98 Å². The van der Waals surface area contributed by atoms with Gasteiger partial charge in [-0.1, -0.05) is 19.2 Å². The number of piperidine rings is 1. The molecule has 0 saturated carbocycles. The molecule has 0 unspecified atom stereocenters. The Balaban J connectivity index is 1.49. The van der Waals surface area contributed by atoms with Crippen LogP contribution in [0.2, 0.25) is 0 Å². The van der Waals surface area contributed by atoms with Gasteiger partial charge in [0, 0.05) is 44.5 Å². The fourth-order valence-electron chi connectivity index (χ4n) is 3.78. The summed E-state index contributed by atoms with van der Waals surface area (Å²) in [6.07, 6.45) is 8.48. The van der Waals surface area contributed by atoms with Crippen molar-refractivity contribution in [3.05, 3.63) is 54.6 Å². The van der Waals surface area contributed by atoms with Gasteiger partial charge in [-0.3, -0.25) is 4.98 Å². The standard InChI is InChI=1S/C21H25N5O/c1-3-15-5-6-19(24-18(15)4-2)26-13-16(14-26)20-21(23-10-9-22-20)25-11-7-17(27)8-12-25/h3-6,9-10,16-17,27H,1-2,7-8,11-14H2. The molecule has 0 bridgehead atoms. The average Bonchev–Trinajstić information content (AvgIpc) is 2.68. The Labute approximate surface area is 159 Å². The molecule has 2 saturated heterocycles. The number of aliphatic hydroxyl groups excluding tert-OH is 1. The van der Waals surface area contributed by atoms with E-state index in [1.807, 2.05) is 12.1 Å². The molecule has 27 heavy (non-hydrogen) atoms. The molecule has 6 nitrogen and oxygen atoms in total. The van der Waals surface area contributed by atoms with Gasteiger partial charge < -0.3 is 14.9 Å². The first-order valence-corrected chi connectivity index (χ1v) is 9.44. The average molecular weight is 363 g/mol. The van der Waals surface area contributed by atoms with Crippen molar-refractivity contribution in [2.24, 2.45) is 0 Å². The Morgan fingerprint density at radius 3 is 2.44 bits per heavy atom. The van der Waals surface area contributed by atoms with Crippen molar-refractivity contribution >= 4 is 23.8 Å². The quantitative estimate of drug-likeness (QED) is 0.881. The number of nitrogens with zero attached hydrogens (tertiary/aromatic N) is 5. The lowest BCUT2D eigenvalue weighted by molar-refractivity contribution is 0.145. The van der Waals surface area contributed by atoms with E-state index in [2.05, 4.69) is 32.9 Å².